The van der Waals surface area contributed by atoms with Crippen molar-refractivity contribution in [3.05, 3.63) is 29.8 Å². The number of benzene rings is 1. The molecule has 4 N–H and O–H groups in total. The van der Waals surface area contributed by atoms with Gasteiger partial charge in [-0.05, 0) is 12.6 Å². The van der Waals surface area contributed by atoms with Gasteiger partial charge in [0, 0.05) is 23.7 Å². The summed E-state index contributed by atoms with van der Waals surface area (Å²) in [4.78, 5) is 0. The molecule has 1 heterocycles. The lowest BCUT2D eigenvalue weighted by molar-refractivity contribution is 0.114. The molecule has 0 radical (unpaired) electrons. The van der Waals surface area contributed by atoms with Gasteiger partial charge in [0.15, 0.2) is 0 Å². The van der Waals surface area contributed by atoms with Gasteiger partial charge in [-0.1, -0.05) is 18.2 Å². The SMILES string of the molecule is NC[C@@H]1CNc2ccccc2[C@H]1O. The molecular formula is C10H14N2O. The largest absolute Gasteiger partial charge is 0.388 e. The molecule has 3 heteroatoms. The quantitative estimate of drug-likeness (QED) is 0.594. The molecule has 70 valence electrons. The van der Waals surface area contributed by atoms with E-state index >= 15 is 0 Å². The second-order valence-electron chi connectivity index (χ2n) is 3.41. The Morgan fingerprint density at radius 1 is 1.46 bits per heavy atom. The van der Waals surface area contributed by atoms with E-state index in [4.69, 9.17) is 5.73 Å². The van der Waals surface area contributed by atoms with E-state index in [1.54, 1.807) is 0 Å². The first kappa shape index (κ1) is 8.53. The summed E-state index contributed by atoms with van der Waals surface area (Å²) in [6, 6.07) is 7.81. The van der Waals surface area contributed by atoms with Gasteiger partial charge in [0.1, 0.15) is 0 Å². The molecular weight excluding hydrogens is 164 g/mol. The minimum Gasteiger partial charge on any atom is -0.388 e. The van der Waals surface area contributed by atoms with Crippen LogP contribution < -0.4 is 11.1 Å². The van der Waals surface area contributed by atoms with Gasteiger partial charge in [-0.15, -0.1) is 0 Å². The summed E-state index contributed by atoms with van der Waals surface area (Å²) >= 11 is 0. The molecule has 0 bridgehead atoms. The van der Waals surface area contributed by atoms with E-state index in [1.165, 1.54) is 0 Å². The number of anilines is 1. The number of para-hydroxylation sites is 1. The first-order chi connectivity index (χ1) is 6.33. The van der Waals surface area contributed by atoms with Gasteiger partial charge >= 0.3 is 0 Å². The zero-order chi connectivity index (χ0) is 9.26. The molecule has 0 spiro atoms. The van der Waals surface area contributed by atoms with Crippen LogP contribution in [0.5, 0.6) is 0 Å². The third-order valence-corrected chi connectivity index (χ3v) is 2.58. The predicted molar refractivity (Wildman–Crippen MR) is 52.4 cm³/mol. The average molecular weight is 178 g/mol. The first-order valence-corrected chi connectivity index (χ1v) is 4.54. The molecule has 0 saturated heterocycles. The number of rotatable bonds is 1. The van der Waals surface area contributed by atoms with E-state index in [1.807, 2.05) is 24.3 Å². The first-order valence-electron chi connectivity index (χ1n) is 4.54. The third-order valence-electron chi connectivity index (χ3n) is 2.58. The van der Waals surface area contributed by atoms with Crippen LogP contribution in [0.15, 0.2) is 24.3 Å². The van der Waals surface area contributed by atoms with E-state index in [0.717, 1.165) is 17.8 Å². The van der Waals surface area contributed by atoms with Crippen LogP contribution in [0.4, 0.5) is 5.69 Å². The van der Waals surface area contributed by atoms with Crippen molar-refractivity contribution in [3.8, 4) is 0 Å². The average Bonchev–Trinajstić information content (AvgIpc) is 2.19. The normalized spacial score (nSPS) is 26.3. The van der Waals surface area contributed by atoms with Gasteiger partial charge in [0.05, 0.1) is 6.10 Å². The summed E-state index contributed by atoms with van der Waals surface area (Å²) in [6.45, 7) is 1.27. The molecule has 0 aliphatic carbocycles. The van der Waals surface area contributed by atoms with Crippen molar-refractivity contribution in [2.75, 3.05) is 18.4 Å². The van der Waals surface area contributed by atoms with Crippen LogP contribution in [0.1, 0.15) is 11.7 Å². The fourth-order valence-corrected chi connectivity index (χ4v) is 1.73. The Morgan fingerprint density at radius 2 is 2.23 bits per heavy atom. The Bertz CT molecular complexity index is 301. The molecule has 13 heavy (non-hydrogen) atoms. The van der Waals surface area contributed by atoms with Gasteiger partial charge in [-0.25, -0.2) is 0 Å². The third kappa shape index (κ3) is 1.41. The maximum atomic E-state index is 9.90. The van der Waals surface area contributed by atoms with Crippen molar-refractivity contribution < 1.29 is 5.11 Å². The van der Waals surface area contributed by atoms with Crippen LogP contribution >= 0.6 is 0 Å². The van der Waals surface area contributed by atoms with Crippen LogP contribution in [-0.2, 0) is 0 Å². The van der Waals surface area contributed by atoms with Gasteiger partial charge in [-0.3, -0.25) is 0 Å². The highest BCUT2D eigenvalue weighted by Crippen LogP contribution is 2.32. The summed E-state index contributed by atoms with van der Waals surface area (Å²) in [7, 11) is 0. The summed E-state index contributed by atoms with van der Waals surface area (Å²) in [5.74, 6) is 0.134. The maximum absolute atomic E-state index is 9.90. The number of aliphatic hydroxyl groups excluding tert-OH is 1. The second-order valence-corrected chi connectivity index (χ2v) is 3.41. The molecule has 2 rings (SSSR count). The topological polar surface area (TPSA) is 58.3 Å². The van der Waals surface area contributed by atoms with E-state index in [9.17, 15) is 5.11 Å². The monoisotopic (exact) mass is 178 g/mol. The van der Waals surface area contributed by atoms with Gasteiger partial charge in [-0.2, -0.15) is 0 Å². The molecule has 1 aromatic carbocycles. The van der Waals surface area contributed by atoms with Crippen LogP contribution in [0, 0.1) is 5.92 Å². The van der Waals surface area contributed by atoms with E-state index < -0.39 is 6.10 Å². The zero-order valence-electron chi connectivity index (χ0n) is 7.40. The number of hydrogen-bond acceptors (Lipinski definition) is 3. The van der Waals surface area contributed by atoms with Crippen molar-refractivity contribution in [2.24, 2.45) is 11.7 Å². The Labute approximate surface area is 77.6 Å². The van der Waals surface area contributed by atoms with Crippen LogP contribution in [0.3, 0.4) is 0 Å². The minimum atomic E-state index is -0.414. The lowest BCUT2D eigenvalue weighted by Crippen LogP contribution is -2.33. The fraction of sp³-hybridized carbons (Fsp3) is 0.400. The van der Waals surface area contributed by atoms with Crippen molar-refractivity contribution in [1.29, 1.82) is 0 Å². The van der Waals surface area contributed by atoms with Gasteiger partial charge in [0.2, 0.25) is 0 Å². The molecule has 0 saturated carbocycles. The Kier molecular flexibility index (Phi) is 2.20. The van der Waals surface area contributed by atoms with Crippen LogP contribution in [-0.4, -0.2) is 18.2 Å². The van der Waals surface area contributed by atoms with Gasteiger partial charge < -0.3 is 16.2 Å². The molecule has 1 aliphatic heterocycles. The summed E-state index contributed by atoms with van der Waals surface area (Å²) in [5, 5.41) is 13.2. The number of aliphatic hydroxyl groups is 1. The Morgan fingerprint density at radius 3 is 3.00 bits per heavy atom. The summed E-state index contributed by atoms with van der Waals surface area (Å²) in [6.07, 6.45) is -0.414. The fourth-order valence-electron chi connectivity index (χ4n) is 1.73. The Hall–Kier alpha value is -1.06. The summed E-state index contributed by atoms with van der Waals surface area (Å²) < 4.78 is 0. The molecule has 3 nitrogen and oxygen atoms in total. The van der Waals surface area contributed by atoms with Crippen LogP contribution in [0.25, 0.3) is 0 Å². The maximum Gasteiger partial charge on any atom is 0.0867 e. The molecule has 0 unspecified atom stereocenters. The van der Waals surface area contributed by atoms with Gasteiger partial charge in [0.25, 0.3) is 0 Å². The van der Waals surface area contributed by atoms with Crippen molar-refractivity contribution in [1.82, 2.24) is 0 Å². The highest BCUT2D eigenvalue weighted by molar-refractivity contribution is 5.54. The number of hydrogen-bond donors (Lipinski definition) is 3. The Balaban J connectivity index is 2.33. The predicted octanol–water partition coefficient (Wildman–Crippen LogP) is 0.720. The second kappa shape index (κ2) is 3.36. The lowest BCUT2D eigenvalue weighted by Gasteiger charge is -2.30. The van der Waals surface area contributed by atoms with E-state index in [0.29, 0.717) is 6.54 Å². The highest BCUT2D eigenvalue weighted by atomic mass is 16.3. The smallest absolute Gasteiger partial charge is 0.0867 e. The molecule has 1 aromatic rings. The van der Waals surface area contributed by atoms with Crippen LogP contribution in [0.2, 0.25) is 0 Å². The zero-order valence-corrected chi connectivity index (χ0v) is 7.40. The van der Waals surface area contributed by atoms with E-state index in [-0.39, 0.29) is 5.92 Å². The summed E-state index contributed by atoms with van der Waals surface area (Å²) in [5.41, 5.74) is 7.54. The minimum absolute atomic E-state index is 0.134. The van der Waals surface area contributed by atoms with Crippen molar-refractivity contribution in [2.45, 2.75) is 6.10 Å². The molecule has 2 atom stereocenters. The number of nitrogens with two attached hydrogens (primary N) is 1. The number of fused-ring (bicyclic) bond motifs is 1. The lowest BCUT2D eigenvalue weighted by atomic mass is 9.91. The molecule has 1 aliphatic rings. The van der Waals surface area contributed by atoms with Crippen molar-refractivity contribution in [3.63, 3.8) is 0 Å². The molecule has 0 aromatic heterocycles. The van der Waals surface area contributed by atoms with E-state index in [2.05, 4.69) is 5.32 Å². The standard InChI is InChI=1S/C10H14N2O/c11-5-7-6-12-9-4-2-1-3-8(9)10(7)13/h1-4,7,10,12-13H,5-6,11H2/t7-,10+/m1/s1. The number of nitrogens with one attached hydrogen (secondary N) is 1. The molecule has 0 amide bonds. The molecule has 0 fully saturated rings. The highest BCUT2D eigenvalue weighted by Gasteiger charge is 2.25. The van der Waals surface area contributed by atoms with Crippen molar-refractivity contribution >= 4 is 5.69 Å².